The Bertz CT molecular complexity index is 723. The largest absolute Gasteiger partial charge is 0.507 e. The van der Waals surface area contributed by atoms with Gasteiger partial charge in [0.25, 0.3) is 0 Å². The second kappa shape index (κ2) is 7.31. The monoisotopic (exact) mass is 316 g/mol. The molecule has 0 saturated carbocycles. The number of aromatic hydroxyl groups is 1. The molecule has 0 heterocycles. The van der Waals surface area contributed by atoms with E-state index in [0.717, 1.165) is 0 Å². The molecule has 0 spiro atoms. The zero-order chi connectivity index (χ0) is 16.8. The van der Waals surface area contributed by atoms with Crippen molar-refractivity contribution in [2.75, 3.05) is 13.7 Å². The number of benzene rings is 2. The minimum Gasteiger partial charge on any atom is -0.507 e. The number of methoxy groups -OCH3 is 1. The quantitative estimate of drug-likeness (QED) is 0.853. The number of rotatable bonds is 5. The van der Waals surface area contributed by atoms with E-state index in [4.69, 9.17) is 9.47 Å². The fraction of sp³-hybridized carbons (Fsp3) is 0.176. The standard InChI is InChI=1S/C17H16O6/c1-3-22-16(19)11-5-4-6-12(9-11)23-13-7-8-15(18)14(10-13)17(20)21-2/h4-10,18H,3H2,1-2H3. The van der Waals surface area contributed by atoms with Gasteiger partial charge in [0.1, 0.15) is 22.8 Å². The van der Waals surface area contributed by atoms with Crippen LogP contribution in [-0.2, 0) is 9.47 Å². The van der Waals surface area contributed by atoms with E-state index < -0.39 is 11.9 Å². The molecule has 0 amide bonds. The van der Waals surface area contributed by atoms with Crippen LogP contribution in [0.4, 0.5) is 0 Å². The number of hydrogen-bond donors (Lipinski definition) is 1. The molecule has 0 radical (unpaired) electrons. The summed E-state index contributed by atoms with van der Waals surface area (Å²) in [5.41, 5.74) is 0.350. The average Bonchev–Trinajstić information content (AvgIpc) is 2.56. The number of phenolic OH excluding ortho intramolecular Hbond substituents is 1. The maximum absolute atomic E-state index is 11.7. The van der Waals surface area contributed by atoms with Gasteiger partial charge in [-0.1, -0.05) is 6.07 Å². The molecular weight excluding hydrogens is 300 g/mol. The summed E-state index contributed by atoms with van der Waals surface area (Å²) >= 11 is 0. The van der Waals surface area contributed by atoms with Gasteiger partial charge in [0, 0.05) is 0 Å². The Labute approximate surface area is 133 Å². The molecule has 23 heavy (non-hydrogen) atoms. The van der Waals surface area contributed by atoms with Gasteiger partial charge in [-0.15, -0.1) is 0 Å². The van der Waals surface area contributed by atoms with Crippen LogP contribution in [0, 0.1) is 0 Å². The third-order valence-electron chi connectivity index (χ3n) is 2.95. The lowest BCUT2D eigenvalue weighted by molar-refractivity contribution is 0.0525. The van der Waals surface area contributed by atoms with E-state index in [1.54, 1.807) is 25.1 Å². The molecule has 0 unspecified atom stereocenters. The van der Waals surface area contributed by atoms with E-state index >= 15 is 0 Å². The summed E-state index contributed by atoms with van der Waals surface area (Å²) in [5.74, 6) is -0.599. The van der Waals surface area contributed by atoms with Crippen LogP contribution >= 0.6 is 0 Å². The number of carbonyl (C=O) groups is 2. The SMILES string of the molecule is CCOC(=O)c1cccc(Oc2ccc(O)c(C(=O)OC)c2)c1. The predicted octanol–water partition coefficient (Wildman–Crippen LogP) is 3.15. The summed E-state index contributed by atoms with van der Waals surface area (Å²) < 4.78 is 15.1. The molecule has 0 saturated heterocycles. The van der Waals surface area contributed by atoms with Gasteiger partial charge in [0.15, 0.2) is 0 Å². The molecule has 2 rings (SSSR count). The molecule has 6 nitrogen and oxygen atoms in total. The van der Waals surface area contributed by atoms with Gasteiger partial charge < -0.3 is 19.3 Å². The summed E-state index contributed by atoms with van der Waals surface area (Å²) in [4.78, 5) is 23.3. The Morgan fingerprint density at radius 1 is 1.04 bits per heavy atom. The second-order valence-electron chi connectivity index (χ2n) is 4.52. The molecular formula is C17H16O6. The molecule has 120 valence electrons. The van der Waals surface area contributed by atoms with Crippen molar-refractivity contribution in [3.8, 4) is 17.2 Å². The van der Waals surface area contributed by atoms with Crippen LogP contribution in [0.15, 0.2) is 42.5 Å². The van der Waals surface area contributed by atoms with E-state index in [-0.39, 0.29) is 17.9 Å². The fourth-order valence-corrected chi connectivity index (χ4v) is 1.89. The van der Waals surface area contributed by atoms with Crippen molar-refractivity contribution in [2.24, 2.45) is 0 Å². The molecule has 2 aromatic rings. The average molecular weight is 316 g/mol. The highest BCUT2D eigenvalue weighted by atomic mass is 16.5. The first kappa shape index (κ1) is 16.4. The fourth-order valence-electron chi connectivity index (χ4n) is 1.89. The first-order valence-corrected chi connectivity index (χ1v) is 6.91. The van der Waals surface area contributed by atoms with Gasteiger partial charge in [0.2, 0.25) is 0 Å². The van der Waals surface area contributed by atoms with Gasteiger partial charge in [-0.05, 0) is 43.3 Å². The number of phenols is 1. The second-order valence-corrected chi connectivity index (χ2v) is 4.52. The lowest BCUT2D eigenvalue weighted by Gasteiger charge is -2.09. The molecule has 0 fully saturated rings. The van der Waals surface area contributed by atoms with E-state index in [2.05, 4.69) is 4.74 Å². The third-order valence-corrected chi connectivity index (χ3v) is 2.95. The predicted molar refractivity (Wildman–Crippen MR) is 81.9 cm³/mol. The van der Waals surface area contributed by atoms with E-state index in [9.17, 15) is 14.7 Å². The van der Waals surface area contributed by atoms with Crippen LogP contribution in [0.1, 0.15) is 27.6 Å². The maximum atomic E-state index is 11.7. The number of hydrogen-bond acceptors (Lipinski definition) is 6. The van der Waals surface area contributed by atoms with E-state index in [1.807, 2.05) is 0 Å². The minimum atomic E-state index is -0.673. The first-order chi connectivity index (χ1) is 11.0. The summed E-state index contributed by atoms with van der Waals surface area (Å²) in [6, 6.07) is 10.6. The Balaban J connectivity index is 2.24. The Kier molecular flexibility index (Phi) is 5.19. The molecule has 1 N–H and O–H groups in total. The molecule has 0 atom stereocenters. The van der Waals surface area contributed by atoms with Crippen molar-refractivity contribution in [2.45, 2.75) is 6.92 Å². The van der Waals surface area contributed by atoms with Crippen molar-refractivity contribution >= 4 is 11.9 Å². The summed E-state index contributed by atoms with van der Waals surface area (Å²) in [6.07, 6.45) is 0. The van der Waals surface area contributed by atoms with Crippen LogP contribution in [0.5, 0.6) is 17.2 Å². The van der Waals surface area contributed by atoms with Crippen molar-refractivity contribution in [3.63, 3.8) is 0 Å². The number of ether oxygens (including phenoxy) is 3. The highest BCUT2D eigenvalue weighted by Gasteiger charge is 2.13. The van der Waals surface area contributed by atoms with Crippen LogP contribution < -0.4 is 4.74 Å². The van der Waals surface area contributed by atoms with Gasteiger partial charge in [-0.25, -0.2) is 9.59 Å². The van der Waals surface area contributed by atoms with E-state index in [1.165, 1.54) is 31.4 Å². The third kappa shape index (κ3) is 4.00. The molecule has 0 aliphatic rings. The molecule has 2 aromatic carbocycles. The summed E-state index contributed by atoms with van der Waals surface area (Å²) in [6.45, 7) is 2.01. The van der Waals surface area contributed by atoms with Gasteiger partial charge in [-0.3, -0.25) is 0 Å². The van der Waals surface area contributed by atoms with Crippen molar-refractivity contribution in [1.29, 1.82) is 0 Å². The van der Waals surface area contributed by atoms with Crippen LogP contribution in [-0.4, -0.2) is 30.8 Å². The van der Waals surface area contributed by atoms with Crippen LogP contribution in [0.2, 0.25) is 0 Å². The van der Waals surface area contributed by atoms with Gasteiger partial charge in [-0.2, -0.15) is 0 Å². The zero-order valence-corrected chi connectivity index (χ0v) is 12.7. The highest BCUT2D eigenvalue weighted by molar-refractivity contribution is 5.93. The molecule has 6 heteroatoms. The Morgan fingerprint density at radius 2 is 1.78 bits per heavy atom. The highest BCUT2D eigenvalue weighted by Crippen LogP contribution is 2.28. The zero-order valence-electron chi connectivity index (χ0n) is 12.7. The normalized spacial score (nSPS) is 10.0. The van der Waals surface area contributed by atoms with Crippen molar-refractivity contribution in [3.05, 3.63) is 53.6 Å². The van der Waals surface area contributed by atoms with Crippen molar-refractivity contribution < 1.29 is 28.9 Å². The lowest BCUT2D eigenvalue weighted by Crippen LogP contribution is -2.04. The Morgan fingerprint density at radius 3 is 2.48 bits per heavy atom. The first-order valence-electron chi connectivity index (χ1n) is 6.91. The molecule has 0 aliphatic carbocycles. The topological polar surface area (TPSA) is 82.1 Å². The van der Waals surface area contributed by atoms with Crippen molar-refractivity contribution in [1.82, 2.24) is 0 Å². The number of carbonyl (C=O) groups excluding carboxylic acids is 2. The summed E-state index contributed by atoms with van der Waals surface area (Å²) in [5, 5.41) is 9.66. The molecule has 0 aliphatic heterocycles. The molecule has 0 bridgehead atoms. The minimum absolute atomic E-state index is 0.00783. The smallest absolute Gasteiger partial charge is 0.341 e. The molecule has 0 aromatic heterocycles. The Hall–Kier alpha value is -3.02. The lowest BCUT2D eigenvalue weighted by atomic mass is 10.2. The van der Waals surface area contributed by atoms with Gasteiger partial charge >= 0.3 is 11.9 Å². The maximum Gasteiger partial charge on any atom is 0.341 e. The number of esters is 2. The van der Waals surface area contributed by atoms with Gasteiger partial charge in [0.05, 0.1) is 19.3 Å². The van der Waals surface area contributed by atoms with Crippen LogP contribution in [0.3, 0.4) is 0 Å². The summed E-state index contributed by atoms with van der Waals surface area (Å²) in [7, 11) is 1.22. The van der Waals surface area contributed by atoms with Crippen LogP contribution in [0.25, 0.3) is 0 Å². The van der Waals surface area contributed by atoms with E-state index in [0.29, 0.717) is 17.1 Å².